The van der Waals surface area contributed by atoms with Gasteiger partial charge in [0.05, 0.1) is 0 Å². The van der Waals surface area contributed by atoms with Gasteiger partial charge in [0.25, 0.3) is 0 Å². The molecule has 0 spiro atoms. The van der Waals surface area contributed by atoms with Gasteiger partial charge in [0.15, 0.2) is 0 Å². The molecule has 0 aliphatic carbocycles. The van der Waals surface area contributed by atoms with Gasteiger partial charge in [-0.1, -0.05) is 102 Å². The third-order valence-electron chi connectivity index (χ3n) is 4.51. The first-order valence-electron chi connectivity index (χ1n) is 9.00. The van der Waals surface area contributed by atoms with Crippen molar-refractivity contribution in [2.24, 2.45) is 5.41 Å². The molecule has 0 aliphatic rings. The highest BCUT2D eigenvalue weighted by molar-refractivity contribution is 5.49. The van der Waals surface area contributed by atoms with Crippen LogP contribution in [-0.2, 0) is 0 Å². The summed E-state index contributed by atoms with van der Waals surface area (Å²) in [4.78, 5) is 0. The lowest BCUT2D eigenvalue weighted by Gasteiger charge is -2.31. The number of hydrogen-bond acceptors (Lipinski definition) is 0. The van der Waals surface area contributed by atoms with Gasteiger partial charge in [-0.25, -0.2) is 0 Å². The molecule has 0 saturated heterocycles. The summed E-state index contributed by atoms with van der Waals surface area (Å²) in [6.45, 7) is 6.93. The van der Waals surface area contributed by atoms with Crippen LogP contribution in [0, 0.1) is 5.41 Å². The molecule has 21 heavy (non-hydrogen) atoms. The summed E-state index contributed by atoms with van der Waals surface area (Å²) in [5.41, 5.74) is 1.77. The quantitative estimate of drug-likeness (QED) is 0.401. The van der Waals surface area contributed by atoms with E-state index in [0.29, 0.717) is 5.41 Å². The van der Waals surface area contributed by atoms with Crippen molar-refractivity contribution in [2.45, 2.75) is 78.6 Å². The smallest absolute Gasteiger partial charge is 0.0115 e. The van der Waals surface area contributed by atoms with E-state index in [2.05, 4.69) is 63.3 Å². The van der Waals surface area contributed by atoms with Crippen molar-refractivity contribution >= 4 is 6.08 Å². The van der Waals surface area contributed by atoms with Crippen molar-refractivity contribution in [3.8, 4) is 0 Å². The number of rotatable bonds is 11. The average Bonchev–Trinajstić information content (AvgIpc) is 2.54. The van der Waals surface area contributed by atoms with Crippen molar-refractivity contribution in [1.82, 2.24) is 0 Å². The molecule has 0 saturated carbocycles. The van der Waals surface area contributed by atoms with Crippen LogP contribution in [0.25, 0.3) is 6.08 Å². The average molecular weight is 287 g/mol. The molecule has 0 heteroatoms. The summed E-state index contributed by atoms with van der Waals surface area (Å²) in [5, 5.41) is 0. The summed E-state index contributed by atoms with van der Waals surface area (Å²) in [5.74, 6) is 0. The maximum absolute atomic E-state index is 2.54. The molecule has 0 amide bonds. The van der Waals surface area contributed by atoms with E-state index < -0.39 is 0 Å². The van der Waals surface area contributed by atoms with Gasteiger partial charge in [-0.15, -0.1) is 0 Å². The maximum Gasteiger partial charge on any atom is -0.0115 e. The first-order chi connectivity index (χ1) is 10.3. The molecular formula is C21H34. The van der Waals surface area contributed by atoms with E-state index in [0.717, 1.165) is 0 Å². The van der Waals surface area contributed by atoms with Crippen LogP contribution in [0.4, 0.5) is 0 Å². The molecular weight excluding hydrogens is 252 g/mol. The van der Waals surface area contributed by atoms with E-state index in [4.69, 9.17) is 0 Å². The van der Waals surface area contributed by atoms with Gasteiger partial charge in [-0.2, -0.15) is 0 Å². The molecule has 0 atom stereocenters. The zero-order chi connectivity index (χ0) is 15.4. The molecule has 0 aliphatic heterocycles. The van der Waals surface area contributed by atoms with Crippen LogP contribution in [0.5, 0.6) is 0 Å². The second-order valence-electron chi connectivity index (χ2n) is 6.42. The van der Waals surface area contributed by atoms with E-state index >= 15 is 0 Å². The Bertz CT molecular complexity index is 353. The Kier molecular flexibility index (Phi) is 9.14. The molecule has 0 nitrogen and oxygen atoms in total. The van der Waals surface area contributed by atoms with Gasteiger partial charge in [-0.3, -0.25) is 0 Å². The highest BCUT2D eigenvalue weighted by atomic mass is 14.3. The van der Waals surface area contributed by atoms with Crippen molar-refractivity contribution in [3.63, 3.8) is 0 Å². The molecule has 1 aromatic rings. The zero-order valence-corrected chi connectivity index (χ0v) is 14.4. The second-order valence-corrected chi connectivity index (χ2v) is 6.42. The van der Waals surface area contributed by atoms with E-state index in [9.17, 15) is 0 Å². The Balaban J connectivity index is 2.86. The highest BCUT2D eigenvalue weighted by Crippen LogP contribution is 2.38. The Morgan fingerprint density at radius 1 is 0.762 bits per heavy atom. The predicted octanol–water partition coefficient (Wildman–Crippen LogP) is 7.26. The fraction of sp³-hybridized carbons (Fsp3) is 0.619. The SMILES string of the molecule is CCCCC(/C=C/c1ccccc1)(CCCC)CCCC. The molecule has 1 rings (SSSR count). The van der Waals surface area contributed by atoms with Gasteiger partial charge < -0.3 is 0 Å². The number of benzene rings is 1. The fourth-order valence-corrected chi connectivity index (χ4v) is 3.05. The molecule has 0 N–H and O–H groups in total. The highest BCUT2D eigenvalue weighted by Gasteiger charge is 2.25. The molecule has 0 bridgehead atoms. The fourth-order valence-electron chi connectivity index (χ4n) is 3.05. The Labute approximate surface area is 132 Å². The van der Waals surface area contributed by atoms with Gasteiger partial charge in [0, 0.05) is 0 Å². The van der Waals surface area contributed by atoms with Gasteiger partial charge in [0.2, 0.25) is 0 Å². The molecule has 0 radical (unpaired) electrons. The zero-order valence-electron chi connectivity index (χ0n) is 14.4. The Hall–Kier alpha value is -1.04. The van der Waals surface area contributed by atoms with Gasteiger partial charge in [-0.05, 0) is 30.2 Å². The normalized spacial score (nSPS) is 12.1. The predicted molar refractivity (Wildman–Crippen MR) is 96.5 cm³/mol. The van der Waals surface area contributed by atoms with Crippen LogP contribution < -0.4 is 0 Å². The largest absolute Gasteiger partial charge is 0.0777 e. The second kappa shape index (κ2) is 10.7. The van der Waals surface area contributed by atoms with Crippen LogP contribution in [0.1, 0.15) is 84.1 Å². The summed E-state index contributed by atoms with van der Waals surface area (Å²) < 4.78 is 0. The minimum absolute atomic E-state index is 0.428. The van der Waals surface area contributed by atoms with Crippen molar-refractivity contribution in [2.75, 3.05) is 0 Å². The number of hydrogen-bond donors (Lipinski definition) is 0. The lowest BCUT2D eigenvalue weighted by Crippen LogP contribution is -2.18. The molecule has 0 heterocycles. The third-order valence-corrected chi connectivity index (χ3v) is 4.51. The van der Waals surface area contributed by atoms with Crippen LogP contribution in [0.3, 0.4) is 0 Å². The molecule has 0 aromatic heterocycles. The third kappa shape index (κ3) is 6.98. The number of unbranched alkanes of at least 4 members (excludes halogenated alkanes) is 3. The first-order valence-corrected chi connectivity index (χ1v) is 9.00. The van der Waals surface area contributed by atoms with Crippen LogP contribution in [-0.4, -0.2) is 0 Å². The lowest BCUT2D eigenvalue weighted by molar-refractivity contribution is 0.274. The van der Waals surface area contributed by atoms with Gasteiger partial charge in [0.1, 0.15) is 0 Å². The summed E-state index contributed by atoms with van der Waals surface area (Å²) in [6.07, 6.45) is 16.9. The monoisotopic (exact) mass is 286 g/mol. The minimum Gasteiger partial charge on any atom is -0.0777 e. The lowest BCUT2D eigenvalue weighted by atomic mass is 9.74. The standard InChI is InChI=1S/C21H34/c1-4-7-16-21(17-8-5-2,18-9-6-3)19-15-20-13-11-10-12-14-20/h10-15,19H,4-9,16-18H2,1-3H3/b19-15+. The van der Waals surface area contributed by atoms with Crippen molar-refractivity contribution < 1.29 is 0 Å². The maximum atomic E-state index is 2.54. The van der Waals surface area contributed by atoms with Crippen molar-refractivity contribution in [3.05, 3.63) is 42.0 Å². The van der Waals surface area contributed by atoms with E-state index in [1.54, 1.807) is 0 Å². The van der Waals surface area contributed by atoms with Crippen LogP contribution >= 0.6 is 0 Å². The summed E-state index contributed by atoms with van der Waals surface area (Å²) in [6, 6.07) is 10.8. The van der Waals surface area contributed by atoms with Crippen LogP contribution in [0.2, 0.25) is 0 Å². The molecule has 118 valence electrons. The van der Waals surface area contributed by atoms with E-state index in [1.165, 1.54) is 63.4 Å². The number of allylic oxidation sites excluding steroid dienone is 1. The molecule has 0 unspecified atom stereocenters. The summed E-state index contributed by atoms with van der Waals surface area (Å²) >= 11 is 0. The van der Waals surface area contributed by atoms with Gasteiger partial charge >= 0.3 is 0 Å². The Morgan fingerprint density at radius 3 is 1.67 bits per heavy atom. The van der Waals surface area contributed by atoms with E-state index in [1.807, 2.05) is 0 Å². The minimum atomic E-state index is 0.428. The molecule has 1 aromatic carbocycles. The van der Waals surface area contributed by atoms with Crippen molar-refractivity contribution in [1.29, 1.82) is 0 Å². The van der Waals surface area contributed by atoms with Crippen LogP contribution in [0.15, 0.2) is 36.4 Å². The van der Waals surface area contributed by atoms with E-state index in [-0.39, 0.29) is 0 Å². The first kappa shape index (κ1) is 18.0. The topological polar surface area (TPSA) is 0 Å². The summed E-state index contributed by atoms with van der Waals surface area (Å²) in [7, 11) is 0. The Morgan fingerprint density at radius 2 is 1.24 bits per heavy atom. The molecule has 0 fully saturated rings.